The third-order valence-electron chi connectivity index (χ3n) is 4.24. The quantitative estimate of drug-likeness (QED) is 0.556. The number of benzene rings is 3. The van der Waals surface area contributed by atoms with Crippen LogP contribution in [0.15, 0.2) is 88.6 Å². The Kier molecular flexibility index (Phi) is 4.32. The van der Waals surface area contributed by atoms with Crippen LogP contribution in [0.3, 0.4) is 0 Å². The number of rotatable bonds is 4. The maximum Gasteiger partial charge on any atom is 0.323 e. The zero-order valence-corrected chi connectivity index (χ0v) is 15.3. The molecule has 2 N–H and O–H groups in total. The summed E-state index contributed by atoms with van der Waals surface area (Å²) >= 11 is 0. The highest BCUT2D eigenvalue weighted by molar-refractivity contribution is 7.93. The first-order valence-corrected chi connectivity index (χ1v) is 9.83. The van der Waals surface area contributed by atoms with Crippen LogP contribution in [0.2, 0.25) is 0 Å². The van der Waals surface area contributed by atoms with Gasteiger partial charge in [-0.3, -0.25) is 4.79 Å². The molecule has 0 unspecified atom stereocenters. The third kappa shape index (κ3) is 2.99. The molecule has 7 nitrogen and oxygen atoms in total. The molecule has 3 aromatic carbocycles. The minimum atomic E-state index is -4.18. The van der Waals surface area contributed by atoms with Gasteiger partial charge in [0.25, 0.3) is 15.9 Å². The first-order chi connectivity index (χ1) is 13.5. The maximum atomic E-state index is 13.4. The molecule has 1 heterocycles. The summed E-state index contributed by atoms with van der Waals surface area (Å²) in [7, 11) is -4.18. The molecule has 0 saturated heterocycles. The first kappa shape index (κ1) is 17.7. The summed E-state index contributed by atoms with van der Waals surface area (Å²) in [4.78, 5) is 30.2. The van der Waals surface area contributed by atoms with Gasteiger partial charge in [-0.15, -0.1) is 0 Å². The monoisotopic (exact) mass is 393 g/mol. The lowest BCUT2D eigenvalue weighted by Crippen LogP contribution is -2.37. The van der Waals surface area contributed by atoms with Crippen molar-refractivity contribution < 1.29 is 13.2 Å². The molecule has 0 atom stereocenters. The molecular formula is C20H15N3O4S. The highest BCUT2D eigenvalue weighted by Gasteiger charge is 2.32. The average molecular weight is 393 g/mol. The van der Waals surface area contributed by atoms with Crippen molar-refractivity contribution >= 4 is 32.7 Å². The first-order valence-electron chi connectivity index (χ1n) is 8.39. The molecule has 0 saturated carbocycles. The summed E-state index contributed by atoms with van der Waals surface area (Å²) in [5.41, 5.74) is 0.459. The van der Waals surface area contributed by atoms with E-state index in [1.165, 1.54) is 18.2 Å². The Balaban J connectivity index is 1.94. The van der Waals surface area contributed by atoms with Crippen LogP contribution >= 0.6 is 0 Å². The van der Waals surface area contributed by atoms with Crippen molar-refractivity contribution in [2.45, 2.75) is 4.90 Å². The van der Waals surface area contributed by atoms with Crippen molar-refractivity contribution in [3.05, 3.63) is 94.9 Å². The topological polar surface area (TPSA) is 103 Å². The third-order valence-corrected chi connectivity index (χ3v) is 5.96. The molecule has 0 fully saturated rings. The minimum Gasteiger partial charge on any atom is -0.306 e. The van der Waals surface area contributed by atoms with Crippen LogP contribution in [-0.2, 0) is 10.0 Å². The van der Waals surface area contributed by atoms with E-state index in [0.717, 1.165) is 4.31 Å². The summed E-state index contributed by atoms with van der Waals surface area (Å²) in [6.07, 6.45) is 0. The molecule has 1 aromatic heterocycles. The number of carbonyl (C=O) groups is 1. The van der Waals surface area contributed by atoms with Crippen molar-refractivity contribution in [1.29, 1.82) is 0 Å². The number of carbonyl (C=O) groups excluding carboxylic acids is 1. The van der Waals surface area contributed by atoms with Crippen LogP contribution in [0.4, 0.5) is 5.69 Å². The fourth-order valence-electron chi connectivity index (χ4n) is 2.97. The van der Waals surface area contributed by atoms with Gasteiger partial charge in [0.05, 0.1) is 27.2 Å². The van der Waals surface area contributed by atoms with Crippen LogP contribution in [0.5, 0.6) is 0 Å². The number of sulfonamides is 1. The number of para-hydroxylation sites is 2. The Labute approximate surface area is 160 Å². The zero-order chi connectivity index (χ0) is 19.7. The molecule has 0 aliphatic heterocycles. The maximum absolute atomic E-state index is 13.4. The Hall–Kier alpha value is -3.65. The summed E-state index contributed by atoms with van der Waals surface area (Å²) < 4.78 is 27.4. The van der Waals surface area contributed by atoms with E-state index >= 15 is 0 Å². The number of nitrogens with zero attached hydrogens (tertiary/aromatic N) is 1. The number of aromatic amines is 2. The predicted molar refractivity (Wildman–Crippen MR) is 106 cm³/mol. The summed E-state index contributed by atoms with van der Waals surface area (Å²) in [5, 5.41) is 0. The fourth-order valence-corrected chi connectivity index (χ4v) is 4.40. The molecule has 0 radical (unpaired) electrons. The smallest absolute Gasteiger partial charge is 0.306 e. The molecule has 4 aromatic rings. The molecule has 0 aliphatic rings. The number of hydrogen-bond donors (Lipinski definition) is 2. The van der Waals surface area contributed by atoms with Gasteiger partial charge in [0.1, 0.15) is 0 Å². The van der Waals surface area contributed by atoms with E-state index < -0.39 is 21.6 Å². The number of fused-ring (bicyclic) bond motifs is 1. The van der Waals surface area contributed by atoms with Gasteiger partial charge in [-0.1, -0.05) is 42.5 Å². The molecule has 0 aliphatic carbocycles. The van der Waals surface area contributed by atoms with Crippen LogP contribution in [-0.4, -0.2) is 24.3 Å². The van der Waals surface area contributed by atoms with Crippen LogP contribution in [0, 0.1) is 0 Å². The zero-order valence-electron chi connectivity index (χ0n) is 14.5. The van der Waals surface area contributed by atoms with E-state index in [0.29, 0.717) is 5.52 Å². The van der Waals surface area contributed by atoms with Crippen molar-refractivity contribution in [2.24, 2.45) is 0 Å². The highest BCUT2D eigenvalue weighted by atomic mass is 32.2. The predicted octanol–water partition coefficient (Wildman–Crippen LogP) is 2.89. The fraction of sp³-hybridized carbons (Fsp3) is 0. The van der Waals surface area contributed by atoms with Gasteiger partial charge in [-0.2, -0.15) is 4.31 Å². The molecule has 1 amide bonds. The number of H-pyrrole nitrogens is 2. The van der Waals surface area contributed by atoms with E-state index in [9.17, 15) is 18.0 Å². The SMILES string of the molecule is O=C(c1cccc2[nH]c(=O)[nH]c12)N(c1ccccc1)S(=O)(=O)c1ccccc1. The minimum absolute atomic E-state index is 0.0121. The van der Waals surface area contributed by atoms with Crippen molar-refractivity contribution in [3.63, 3.8) is 0 Å². The van der Waals surface area contributed by atoms with Gasteiger partial charge in [0.2, 0.25) is 0 Å². The second-order valence-electron chi connectivity index (χ2n) is 6.03. The summed E-state index contributed by atoms with van der Waals surface area (Å²) in [6, 6.07) is 20.5. The standard InChI is InChI=1S/C20H15N3O4S/c24-19(16-12-7-13-17-18(16)22-20(25)21-17)23(14-8-3-1-4-9-14)28(26,27)15-10-5-2-6-11-15/h1-13H,(H2,21,22,25). The van der Waals surface area contributed by atoms with Gasteiger partial charge in [-0.05, 0) is 36.4 Å². The van der Waals surface area contributed by atoms with E-state index in [-0.39, 0.29) is 21.7 Å². The summed E-state index contributed by atoms with van der Waals surface area (Å²) in [6.45, 7) is 0. The average Bonchev–Trinajstić information content (AvgIpc) is 3.09. The second-order valence-corrected chi connectivity index (χ2v) is 7.82. The normalized spacial score (nSPS) is 11.4. The molecule has 8 heteroatoms. The molecular weight excluding hydrogens is 378 g/mol. The van der Waals surface area contributed by atoms with Crippen LogP contribution in [0.25, 0.3) is 11.0 Å². The van der Waals surface area contributed by atoms with Crippen molar-refractivity contribution in [2.75, 3.05) is 4.31 Å². The number of anilines is 1. The largest absolute Gasteiger partial charge is 0.323 e. The van der Waals surface area contributed by atoms with E-state index in [4.69, 9.17) is 0 Å². The van der Waals surface area contributed by atoms with E-state index in [2.05, 4.69) is 9.97 Å². The summed E-state index contributed by atoms with van der Waals surface area (Å²) in [5.74, 6) is -0.768. The van der Waals surface area contributed by atoms with Gasteiger partial charge in [0.15, 0.2) is 0 Å². The number of hydrogen-bond acceptors (Lipinski definition) is 4. The van der Waals surface area contributed by atoms with E-state index in [1.807, 2.05) is 0 Å². The molecule has 0 spiro atoms. The number of aromatic nitrogens is 2. The number of imidazole rings is 1. The van der Waals surface area contributed by atoms with Crippen molar-refractivity contribution in [1.82, 2.24) is 9.97 Å². The van der Waals surface area contributed by atoms with Gasteiger partial charge < -0.3 is 9.97 Å². The lowest BCUT2D eigenvalue weighted by Gasteiger charge is -2.23. The van der Waals surface area contributed by atoms with Crippen LogP contribution in [0.1, 0.15) is 10.4 Å². The number of nitrogens with one attached hydrogen (secondary N) is 2. The van der Waals surface area contributed by atoms with Crippen LogP contribution < -0.4 is 9.99 Å². The Morgan fingerprint density at radius 2 is 1.43 bits per heavy atom. The van der Waals surface area contributed by atoms with Gasteiger partial charge in [0, 0.05) is 0 Å². The van der Waals surface area contributed by atoms with Crippen molar-refractivity contribution in [3.8, 4) is 0 Å². The Morgan fingerprint density at radius 1 is 0.786 bits per heavy atom. The highest BCUT2D eigenvalue weighted by Crippen LogP contribution is 2.27. The lowest BCUT2D eigenvalue weighted by atomic mass is 10.1. The number of amides is 1. The second kappa shape index (κ2) is 6.82. The molecule has 28 heavy (non-hydrogen) atoms. The van der Waals surface area contributed by atoms with Gasteiger partial charge in [-0.25, -0.2) is 13.2 Å². The molecule has 0 bridgehead atoms. The molecule has 4 rings (SSSR count). The van der Waals surface area contributed by atoms with Gasteiger partial charge >= 0.3 is 5.69 Å². The Morgan fingerprint density at radius 3 is 2.11 bits per heavy atom. The molecule has 140 valence electrons. The lowest BCUT2D eigenvalue weighted by molar-refractivity contribution is 0.101. The Bertz CT molecular complexity index is 1310. The van der Waals surface area contributed by atoms with E-state index in [1.54, 1.807) is 60.7 Å².